The van der Waals surface area contributed by atoms with Gasteiger partial charge in [0.15, 0.2) is 6.10 Å². The first-order valence-corrected chi connectivity index (χ1v) is 9.20. The van der Waals surface area contributed by atoms with Crippen molar-refractivity contribution in [3.05, 3.63) is 40.5 Å². The quantitative estimate of drug-likeness (QED) is 0.829. The minimum absolute atomic E-state index is 0.513. The minimum Gasteiger partial charge on any atom is -0.453 e. The molecule has 1 aliphatic rings. The van der Waals surface area contributed by atoms with Gasteiger partial charge in [-0.05, 0) is 50.3 Å². The normalized spacial score (nSPS) is 14.2. The van der Waals surface area contributed by atoms with Gasteiger partial charge in [0.2, 0.25) is 0 Å². The van der Waals surface area contributed by atoms with E-state index in [1.807, 2.05) is 34.4 Å². The molecule has 1 atom stereocenters. The second kappa shape index (κ2) is 7.74. The van der Waals surface area contributed by atoms with Crippen molar-refractivity contribution >= 4 is 29.3 Å². The Morgan fingerprint density at radius 3 is 2.58 bits per heavy atom. The van der Waals surface area contributed by atoms with Gasteiger partial charge in [0.25, 0.3) is 5.91 Å². The van der Waals surface area contributed by atoms with Gasteiger partial charge in [-0.2, -0.15) is 0 Å². The number of aryl methyl sites for hydroxylation is 1. The fraction of sp³-hybridized carbons (Fsp3) is 0.389. The van der Waals surface area contributed by atoms with Crippen molar-refractivity contribution in [1.29, 1.82) is 0 Å². The number of fused-ring (bicyclic) bond motifs is 1. The number of rotatable bonds is 4. The molecule has 2 aromatic rings. The van der Waals surface area contributed by atoms with E-state index in [1.54, 1.807) is 11.3 Å². The maximum Gasteiger partial charge on any atom is 0.413 e. The van der Waals surface area contributed by atoms with Gasteiger partial charge in [-0.15, -0.1) is 11.3 Å². The fourth-order valence-corrected chi connectivity index (χ4v) is 4.28. The van der Waals surface area contributed by atoms with E-state index in [-0.39, 0.29) is 0 Å². The first-order chi connectivity index (χ1) is 12.5. The van der Waals surface area contributed by atoms with Crippen LogP contribution in [0.5, 0.6) is 0 Å². The third-order valence-corrected chi connectivity index (χ3v) is 5.56. The third kappa shape index (κ3) is 3.65. The molecule has 0 bridgehead atoms. The molecule has 2 heterocycles. The molecule has 2 amide bonds. The molecule has 1 N–H and O–H groups in total. The van der Waals surface area contributed by atoms with Gasteiger partial charge < -0.3 is 14.0 Å². The number of aromatic nitrogens is 1. The second-order valence-corrected chi connectivity index (χ2v) is 7.09. The number of nitrogens with zero attached hydrogens (tertiary/aromatic N) is 1. The van der Waals surface area contributed by atoms with Gasteiger partial charge in [-0.25, -0.2) is 9.59 Å². The summed E-state index contributed by atoms with van der Waals surface area (Å²) in [4.78, 5) is 37.1. The van der Waals surface area contributed by atoms with Crippen LogP contribution in [0.4, 0.5) is 4.79 Å². The van der Waals surface area contributed by atoms with Crippen LogP contribution >= 0.6 is 11.3 Å². The molecule has 1 aliphatic carbocycles. The summed E-state index contributed by atoms with van der Waals surface area (Å²) in [5.41, 5.74) is 1.52. The number of esters is 1. The number of alkyl carbamates (subject to hydrolysis) is 1. The number of hydrogen-bond donors (Lipinski definition) is 1. The Morgan fingerprint density at radius 1 is 1.19 bits per heavy atom. The lowest BCUT2D eigenvalue weighted by atomic mass is 9.95. The maximum atomic E-state index is 12.8. The van der Waals surface area contributed by atoms with E-state index < -0.39 is 24.1 Å². The summed E-state index contributed by atoms with van der Waals surface area (Å²) < 4.78 is 11.6. The van der Waals surface area contributed by atoms with Crippen LogP contribution in [0.3, 0.4) is 0 Å². The predicted octanol–water partition coefficient (Wildman–Crippen LogP) is 2.85. The predicted molar refractivity (Wildman–Crippen MR) is 95.7 cm³/mol. The van der Waals surface area contributed by atoms with Gasteiger partial charge >= 0.3 is 12.1 Å². The molecular weight excluding hydrogens is 356 g/mol. The van der Waals surface area contributed by atoms with Crippen molar-refractivity contribution in [3.63, 3.8) is 0 Å². The molecule has 138 valence electrons. The van der Waals surface area contributed by atoms with Crippen molar-refractivity contribution in [1.82, 2.24) is 9.88 Å². The molecule has 0 saturated heterocycles. The SMILES string of the molecule is COC(=O)NC(=O)[C@H](C)OC(=O)c1c(-n2cccc2)sc2c1CCCC2. The summed E-state index contributed by atoms with van der Waals surface area (Å²) in [6.45, 7) is 1.42. The van der Waals surface area contributed by atoms with Crippen LogP contribution in [0.25, 0.3) is 5.00 Å². The highest BCUT2D eigenvalue weighted by Crippen LogP contribution is 2.37. The molecular formula is C18H20N2O5S. The Hall–Kier alpha value is -2.61. The largest absolute Gasteiger partial charge is 0.453 e. The number of amides is 2. The number of ether oxygens (including phenoxy) is 2. The van der Waals surface area contributed by atoms with Gasteiger partial charge in [0.1, 0.15) is 5.00 Å². The number of methoxy groups -OCH3 is 1. The zero-order valence-electron chi connectivity index (χ0n) is 14.6. The van der Waals surface area contributed by atoms with Crippen molar-refractivity contribution in [3.8, 4) is 5.00 Å². The van der Waals surface area contributed by atoms with Crippen LogP contribution in [0.15, 0.2) is 24.5 Å². The molecule has 2 aromatic heterocycles. The highest BCUT2D eigenvalue weighted by Gasteiger charge is 2.29. The van der Waals surface area contributed by atoms with Crippen LogP contribution < -0.4 is 5.32 Å². The monoisotopic (exact) mass is 376 g/mol. The van der Waals surface area contributed by atoms with Crippen LogP contribution in [0.1, 0.15) is 40.6 Å². The lowest BCUT2D eigenvalue weighted by molar-refractivity contribution is -0.128. The van der Waals surface area contributed by atoms with E-state index in [0.29, 0.717) is 5.56 Å². The van der Waals surface area contributed by atoms with Crippen LogP contribution in [0.2, 0.25) is 0 Å². The highest BCUT2D eigenvalue weighted by molar-refractivity contribution is 7.15. The number of imide groups is 1. The third-order valence-electron chi connectivity index (χ3n) is 4.26. The van der Waals surface area contributed by atoms with E-state index in [9.17, 15) is 14.4 Å². The van der Waals surface area contributed by atoms with Crippen LogP contribution in [-0.2, 0) is 27.1 Å². The molecule has 0 aromatic carbocycles. The van der Waals surface area contributed by atoms with Crippen LogP contribution in [-0.4, -0.2) is 35.8 Å². The lowest BCUT2D eigenvalue weighted by Crippen LogP contribution is -2.39. The summed E-state index contributed by atoms with van der Waals surface area (Å²) in [6, 6.07) is 3.78. The van der Waals surface area contributed by atoms with E-state index in [2.05, 4.69) is 4.74 Å². The average molecular weight is 376 g/mol. The molecule has 0 spiro atoms. The first-order valence-electron chi connectivity index (χ1n) is 8.39. The topological polar surface area (TPSA) is 86.6 Å². The van der Waals surface area contributed by atoms with Gasteiger partial charge in [-0.1, -0.05) is 0 Å². The zero-order chi connectivity index (χ0) is 18.7. The van der Waals surface area contributed by atoms with Gasteiger partial charge in [0, 0.05) is 17.3 Å². The number of thiophene rings is 1. The second-order valence-electron chi connectivity index (χ2n) is 6.01. The Bertz CT molecular complexity index is 825. The van der Waals surface area contributed by atoms with E-state index in [4.69, 9.17) is 4.74 Å². The molecule has 0 aliphatic heterocycles. The summed E-state index contributed by atoms with van der Waals surface area (Å²) in [5, 5.41) is 2.80. The molecule has 8 heteroatoms. The van der Waals surface area contributed by atoms with Crippen LogP contribution in [0, 0.1) is 0 Å². The lowest BCUT2D eigenvalue weighted by Gasteiger charge is -2.15. The molecule has 0 unspecified atom stereocenters. The molecule has 0 saturated carbocycles. The van der Waals surface area contributed by atoms with Gasteiger partial charge in [-0.3, -0.25) is 10.1 Å². The van der Waals surface area contributed by atoms with E-state index >= 15 is 0 Å². The minimum atomic E-state index is -1.11. The standard InChI is InChI=1S/C18H20N2O5S/c1-11(15(21)19-18(23)24-2)25-17(22)14-12-7-3-4-8-13(12)26-16(14)20-9-5-6-10-20/h5-6,9-11H,3-4,7-8H2,1-2H3,(H,19,21,23)/t11-/m0/s1. The van der Waals surface area contributed by atoms with Gasteiger partial charge in [0.05, 0.1) is 12.7 Å². The van der Waals surface area contributed by atoms with Crippen molar-refractivity contribution in [2.75, 3.05) is 7.11 Å². The zero-order valence-corrected chi connectivity index (χ0v) is 15.4. The van der Waals surface area contributed by atoms with E-state index in [0.717, 1.165) is 43.4 Å². The summed E-state index contributed by atoms with van der Waals surface area (Å²) in [6.07, 6.45) is 5.64. The smallest absolute Gasteiger partial charge is 0.413 e. The Morgan fingerprint density at radius 2 is 1.88 bits per heavy atom. The number of nitrogens with one attached hydrogen (secondary N) is 1. The molecule has 0 radical (unpaired) electrons. The average Bonchev–Trinajstić information content (AvgIpc) is 3.28. The van der Waals surface area contributed by atoms with Crippen molar-refractivity contribution in [2.45, 2.75) is 38.7 Å². The summed E-state index contributed by atoms with van der Waals surface area (Å²) in [7, 11) is 1.15. The number of hydrogen-bond acceptors (Lipinski definition) is 6. The molecule has 26 heavy (non-hydrogen) atoms. The Balaban J connectivity index is 1.86. The summed E-state index contributed by atoms with van der Waals surface area (Å²) in [5.74, 6) is -1.28. The molecule has 3 rings (SSSR count). The number of carbonyl (C=O) groups is 3. The first kappa shape index (κ1) is 18.2. The van der Waals surface area contributed by atoms with Crippen molar-refractivity contribution in [2.24, 2.45) is 0 Å². The maximum absolute atomic E-state index is 12.8. The van der Waals surface area contributed by atoms with E-state index in [1.165, 1.54) is 11.8 Å². The summed E-state index contributed by atoms with van der Waals surface area (Å²) >= 11 is 1.59. The fourth-order valence-electron chi connectivity index (χ4n) is 2.94. The highest BCUT2D eigenvalue weighted by atomic mass is 32.1. The Labute approximate surface area is 154 Å². The molecule has 7 nitrogen and oxygen atoms in total. The van der Waals surface area contributed by atoms with Crippen molar-refractivity contribution < 1.29 is 23.9 Å². The number of carbonyl (C=O) groups excluding carboxylic acids is 3. The molecule has 0 fully saturated rings. The Kier molecular flexibility index (Phi) is 5.41.